The summed E-state index contributed by atoms with van der Waals surface area (Å²) in [6.45, 7) is 2.10. The van der Waals surface area contributed by atoms with Gasteiger partial charge in [-0.2, -0.15) is 0 Å². The molecule has 0 aliphatic carbocycles. The molecular formula is C22H25N5O5S2. The molecule has 0 fully saturated rings. The molecule has 5 N–H and O–H groups in total. The number of hydrogen-bond acceptors (Lipinski definition) is 8. The predicted molar refractivity (Wildman–Crippen MR) is 130 cm³/mol. The molecule has 3 rings (SSSR count). The number of nitrogens with two attached hydrogens (primary N) is 1. The highest BCUT2D eigenvalue weighted by Gasteiger charge is 2.29. The number of thiazole rings is 1. The third-order valence-electron chi connectivity index (χ3n) is 4.84. The number of guanidine groups is 1. The molecule has 1 atom stereocenters. The van der Waals surface area contributed by atoms with Crippen LogP contribution in [0.15, 0.2) is 52.7 Å². The largest absolute Gasteiger partial charge is 0.461 e. The number of rotatable bonds is 11. The maximum absolute atomic E-state index is 13.3. The summed E-state index contributed by atoms with van der Waals surface area (Å²) in [5.41, 5.74) is 5.28. The lowest BCUT2D eigenvalue weighted by Gasteiger charge is -2.18. The Morgan fingerprint density at radius 1 is 1.21 bits per heavy atom. The number of aromatic nitrogens is 1. The quantitative estimate of drug-likeness (QED) is 0.102. The van der Waals surface area contributed by atoms with Gasteiger partial charge >= 0.3 is 5.97 Å². The van der Waals surface area contributed by atoms with Gasteiger partial charge in [-0.05, 0) is 31.2 Å². The number of hydrogen-bond donors (Lipinski definition) is 4. The molecule has 0 spiro atoms. The summed E-state index contributed by atoms with van der Waals surface area (Å²) in [5, 5.41) is 12.5. The van der Waals surface area contributed by atoms with Crippen molar-refractivity contribution in [3.63, 3.8) is 0 Å². The molecule has 0 radical (unpaired) electrons. The molecule has 3 aromatic rings. The van der Waals surface area contributed by atoms with Gasteiger partial charge in [-0.3, -0.25) is 10.2 Å². The van der Waals surface area contributed by atoms with E-state index in [-0.39, 0.29) is 41.1 Å². The number of benzene rings is 2. The molecule has 0 bridgehead atoms. The number of esters is 1. The standard InChI is InChI=1S/C22H25N5O5S2/c1-2-32-21(29)17-13-33-20(26-17)19(28)16(10-6-12-25-22(23)24)27-34(30,31)18-11-5-8-14-7-3-4-9-15(14)18/h3-5,7-9,11,13,16,27H,2,6,10,12H2,1H3,(H4,23,24,25). The topological polar surface area (TPSA) is 164 Å². The number of ketones is 1. The molecule has 0 amide bonds. The summed E-state index contributed by atoms with van der Waals surface area (Å²) in [6.07, 6.45) is 0.474. The summed E-state index contributed by atoms with van der Waals surface area (Å²) >= 11 is 0.943. The molecule has 34 heavy (non-hydrogen) atoms. The summed E-state index contributed by atoms with van der Waals surface area (Å²) < 4.78 is 34.0. The van der Waals surface area contributed by atoms with Crippen molar-refractivity contribution >= 4 is 49.8 Å². The van der Waals surface area contributed by atoms with Gasteiger partial charge in [0, 0.05) is 17.3 Å². The zero-order chi connectivity index (χ0) is 24.7. The monoisotopic (exact) mass is 503 g/mol. The fraction of sp³-hybridized carbons (Fsp3) is 0.273. The van der Waals surface area contributed by atoms with Crippen LogP contribution in [0.5, 0.6) is 0 Å². The minimum Gasteiger partial charge on any atom is -0.461 e. The van der Waals surface area contributed by atoms with Gasteiger partial charge in [0.15, 0.2) is 16.7 Å². The smallest absolute Gasteiger partial charge is 0.357 e. The van der Waals surface area contributed by atoms with Crippen molar-refractivity contribution < 1.29 is 22.7 Å². The van der Waals surface area contributed by atoms with Gasteiger partial charge < -0.3 is 15.8 Å². The number of nitrogens with one attached hydrogen (secondary N) is 3. The number of sulfonamides is 1. The maximum atomic E-state index is 13.3. The average molecular weight is 504 g/mol. The second kappa shape index (κ2) is 11.2. The second-order valence-corrected chi connectivity index (χ2v) is 9.80. The zero-order valence-electron chi connectivity index (χ0n) is 18.4. The summed E-state index contributed by atoms with van der Waals surface area (Å²) in [7, 11) is -4.08. The Morgan fingerprint density at radius 3 is 2.68 bits per heavy atom. The van der Waals surface area contributed by atoms with E-state index in [4.69, 9.17) is 15.9 Å². The van der Waals surface area contributed by atoms with E-state index < -0.39 is 27.8 Å². The molecule has 12 heteroatoms. The van der Waals surface area contributed by atoms with Crippen LogP contribution in [-0.2, 0) is 14.8 Å². The third kappa shape index (κ3) is 6.16. The summed E-state index contributed by atoms with van der Waals surface area (Å²) in [5.74, 6) is -1.44. The van der Waals surface area contributed by atoms with Crippen LogP contribution in [0.4, 0.5) is 0 Å². The van der Waals surface area contributed by atoms with Crippen molar-refractivity contribution in [2.45, 2.75) is 30.7 Å². The number of ether oxygens (including phenoxy) is 1. The minimum atomic E-state index is -4.08. The van der Waals surface area contributed by atoms with Crippen LogP contribution in [0.2, 0.25) is 0 Å². The summed E-state index contributed by atoms with van der Waals surface area (Å²) in [6, 6.07) is 10.8. The van der Waals surface area contributed by atoms with Gasteiger partial charge in [0.2, 0.25) is 15.8 Å². The third-order valence-corrected chi connectivity index (χ3v) is 7.22. The van der Waals surface area contributed by atoms with E-state index >= 15 is 0 Å². The van der Waals surface area contributed by atoms with Crippen molar-refractivity contribution in [2.75, 3.05) is 13.2 Å². The average Bonchev–Trinajstić information content (AvgIpc) is 3.30. The lowest BCUT2D eigenvalue weighted by molar-refractivity contribution is 0.0520. The van der Waals surface area contributed by atoms with Gasteiger partial charge in [0.1, 0.15) is 0 Å². The molecule has 1 unspecified atom stereocenters. The molecule has 1 aromatic heterocycles. The minimum absolute atomic E-state index is 0.00630. The van der Waals surface area contributed by atoms with E-state index in [1.165, 1.54) is 11.4 Å². The van der Waals surface area contributed by atoms with Crippen LogP contribution in [0.25, 0.3) is 10.8 Å². The number of Topliss-reactive ketones (excluding diaryl/α,β-unsaturated/α-hetero) is 1. The van der Waals surface area contributed by atoms with Crippen molar-refractivity contribution in [3.8, 4) is 0 Å². The normalized spacial score (nSPS) is 12.3. The first-order valence-corrected chi connectivity index (χ1v) is 12.8. The van der Waals surface area contributed by atoms with Gasteiger partial charge in [-0.1, -0.05) is 36.4 Å². The Labute approximate surface area is 201 Å². The van der Waals surface area contributed by atoms with Gasteiger partial charge in [0.05, 0.1) is 17.5 Å². The fourth-order valence-corrected chi connectivity index (χ4v) is 5.53. The molecule has 2 aromatic carbocycles. The molecule has 0 saturated carbocycles. The van der Waals surface area contributed by atoms with Crippen LogP contribution >= 0.6 is 11.3 Å². The fourth-order valence-electron chi connectivity index (χ4n) is 3.29. The van der Waals surface area contributed by atoms with E-state index in [2.05, 4.69) is 15.0 Å². The number of carbonyl (C=O) groups excluding carboxylic acids is 2. The molecule has 0 aliphatic heterocycles. The first-order valence-electron chi connectivity index (χ1n) is 10.5. The number of fused-ring (bicyclic) bond motifs is 1. The van der Waals surface area contributed by atoms with Crippen LogP contribution < -0.4 is 15.8 Å². The SMILES string of the molecule is CCOC(=O)c1csc(C(=O)C(CCCNC(=N)N)NS(=O)(=O)c2cccc3ccccc23)n1. The van der Waals surface area contributed by atoms with E-state index in [9.17, 15) is 18.0 Å². The van der Waals surface area contributed by atoms with E-state index in [0.717, 1.165) is 16.7 Å². The van der Waals surface area contributed by atoms with Crippen molar-refractivity contribution in [2.24, 2.45) is 5.73 Å². The zero-order valence-corrected chi connectivity index (χ0v) is 20.0. The van der Waals surface area contributed by atoms with Crippen LogP contribution in [0.3, 0.4) is 0 Å². The van der Waals surface area contributed by atoms with Gasteiger partial charge in [-0.25, -0.2) is 22.9 Å². The highest BCUT2D eigenvalue weighted by atomic mass is 32.2. The molecule has 10 nitrogen and oxygen atoms in total. The molecule has 1 heterocycles. The van der Waals surface area contributed by atoms with Crippen LogP contribution in [0.1, 0.15) is 40.1 Å². The van der Waals surface area contributed by atoms with Gasteiger partial charge in [-0.15, -0.1) is 11.3 Å². The highest BCUT2D eigenvalue weighted by Crippen LogP contribution is 2.24. The lowest BCUT2D eigenvalue weighted by Crippen LogP contribution is -2.41. The Morgan fingerprint density at radius 2 is 1.94 bits per heavy atom. The molecule has 0 saturated heterocycles. The van der Waals surface area contributed by atoms with E-state index in [1.807, 2.05) is 6.07 Å². The molecule has 0 aliphatic rings. The maximum Gasteiger partial charge on any atom is 0.357 e. The Kier molecular flexibility index (Phi) is 8.31. The summed E-state index contributed by atoms with van der Waals surface area (Å²) in [4.78, 5) is 29.2. The van der Waals surface area contributed by atoms with E-state index in [0.29, 0.717) is 11.8 Å². The first-order chi connectivity index (χ1) is 16.2. The van der Waals surface area contributed by atoms with Crippen LogP contribution in [0, 0.1) is 5.41 Å². The van der Waals surface area contributed by atoms with Crippen molar-refractivity contribution in [1.29, 1.82) is 5.41 Å². The van der Waals surface area contributed by atoms with Gasteiger partial charge in [0.25, 0.3) is 0 Å². The lowest BCUT2D eigenvalue weighted by atomic mass is 10.1. The Balaban J connectivity index is 1.88. The van der Waals surface area contributed by atoms with E-state index in [1.54, 1.807) is 37.3 Å². The number of carbonyl (C=O) groups is 2. The number of nitrogens with zero attached hydrogens (tertiary/aromatic N) is 1. The van der Waals surface area contributed by atoms with Crippen LogP contribution in [-0.4, -0.2) is 50.3 Å². The predicted octanol–water partition coefficient (Wildman–Crippen LogP) is 2.27. The highest BCUT2D eigenvalue weighted by molar-refractivity contribution is 7.89. The Hall–Kier alpha value is -3.35. The second-order valence-electron chi connectivity index (χ2n) is 7.26. The van der Waals surface area contributed by atoms with Crippen molar-refractivity contribution in [3.05, 3.63) is 58.5 Å². The molecule has 180 valence electrons. The Bertz CT molecular complexity index is 1300. The first kappa shape index (κ1) is 25.3. The molecular weight excluding hydrogens is 478 g/mol. The van der Waals surface area contributed by atoms with Crippen molar-refractivity contribution in [1.82, 2.24) is 15.0 Å².